The molecule has 19 heavy (non-hydrogen) atoms. The van der Waals surface area contributed by atoms with E-state index in [1.165, 1.54) is 12.1 Å². The second-order valence-corrected chi connectivity index (χ2v) is 3.84. The topological polar surface area (TPSA) is 47.0 Å². The molecule has 0 aliphatic heterocycles. The molecule has 4 nitrogen and oxygen atoms in total. The summed E-state index contributed by atoms with van der Waals surface area (Å²) in [5.74, 6) is 0.843. The van der Waals surface area contributed by atoms with E-state index in [-0.39, 0.29) is 5.75 Å². The fourth-order valence-corrected chi connectivity index (χ4v) is 1.48. The zero-order valence-corrected chi connectivity index (χ0v) is 10.4. The van der Waals surface area contributed by atoms with E-state index in [1.807, 2.05) is 0 Å². The number of benzene rings is 1. The Morgan fingerprint density at radius 3 is 2.32 bits per heavy atom. The third kappa shape index (κ3) is 4.03. The number of nitrogens with zero attached hydrogens (tertiary/aromatic N) is 2. The molecule has 0 spiro atoms. The minimum atomic E-state index is -2.83. The summed E-state index contributed by atoms with van der Waals surface area (Å²) in [6.07, 6.45) is 3.22. The van der Waals surface area contributed by atoms with Crippen molar-refractivity contribution in [3.05, 3.63) is 42.2 Å². The van der Waals surface area contributed by atoms with Crippen LogP contribution in [0.15, 0.2) is 36.7 Å². The maximum absolute atomic E-state index is 12.0. The van der Waals surface area contributed by atoms with E-state index in [4.69, 9.17) is 11.6 Å². The molecular formula is C12H10ClF2N3O. The van der Waals surface area contributed by atoms with E-state index in [0.717, 1.165) is 5.56 Å². The first-order valence-corrected chi connectivity index (χ1v) is 5.89. The van der Waals surface area contributed by atoms with Crippen LogP contribution in [0.4, 0.5) is 20.4 Å². The number of nitrogens with one attached hydrogen (secondary N) is 1. The first-order valence-electron chi connectivity index (χ1n) is 5.36. The van der Waals surface area contributed by atoms with Crippen molar-refractivity contribution in [1.82, 2.24) is 9.97 Å². The number of hydrogen-bond acceptors (Lipinski definition) is 4. The molecule has 0 bridgehead atoms. The van der Waals surface area contributed by atoms with E-state index in [9.17, 15) is 8.78 Å². The highest BCUT2D eigenvalue weighted by atomic mass is 35.5. The van der Waals surface area contributed by atoms with Gasteiger partial charge in [0, 0.05) is 23.6 Å². The first kappa shape index (κ1) is 13.5. The molecule has 7 heteroatoms. The SMILES string of the molecule is FC(F)Oc1ccc(Nc2ncc(CCl)cn2)cc1. The molecule has 0 atom stereocenters. The van der Waals surface area contributed by atoms with Crippen molar-refractivity contribution in [1.29, 1.82) is 0 Å². The minimum Gasteiger partial charge on any atom is -0.435 e. The molecule has 0 aliphatic rings. The molecule has 0 aliphatic carbocycles. The lowest BCUT2D eigenvalue weighted by Crippen LogP contribution is -2.02. The lowest BCUT2D eigenvalue weighted by molar-refractivity contribution is -0.0498. The van der Waals surface area contributed by atoms with Crippen molar-refractivity contribution in [3.8, 4) is 5.75 Å². The number of hydrogen-bond donors (Lipinski definition) is 1. The van der Waals surface area contributed by atoms with Gasteiger partial charge in [0.25, 0.3) is 0 Å². The van der Waals surface area contributed by atoms with E-state index in [1.54, 1.807) is 24.5 Å². The fourth-order valence-electron chi connectivity index (χ4n) is 1.34. The molecule has 0 unspecified atom stereocenters. The van der Waals surface area contributed by atoms with Crippen LogP contribution in [0.3, 0.4) is 0 Å². The average molecular weight is 286 g/mol. The summed E-state index contributed by atoms with van der Waals surface area (Å²) in [5, 5.41) is 2.93. The van der Waals surface area contributed by atoms with Gasteiger partial charge < -0.3 is 10.1 Å². The van der Waals surface area contributed by atoms with E-state index in [2.05, 4.69) is 20.0 Å². The highest BCUT2D eigenvalue weighted by molar-refractivity contribution is 6.17. The van der Waals surface area contributed by atoms with Crippen LogP contribution in [-0.2, 0) is 5.88 Å². The summed E-state index contributed by atoms with van der Waals surface area (Å²) in [6.45, 7) is -2.83. The molecule has 0 radical (unpaired) electrons. The molecule has 2 aromatic rings. The normalized spacial score (nSPS) is 10.5. The molecular weight excluding hydrogens is 276 g/mol. The summed E-state index contributed by atoms with van der Waals surface area (Å²) in [6, 6.07) is 6.05. The highest BCUT2D eigenvalue weighted by Gasteiger charge is 2.04. The van der Waals surface area contributed by atoms with Gasteiger partial charge in [-0.1, -0.05) is 0 Å². The Labute approximate surface area is 113 Å². The van der Waals surface area contributed by atoms with Gasteiger partial charge in [0.05, 0.1) is 5.88 Å². The number of ether oxygens (including phenoxy) is 1. The van der Waals surface area contributed by atoms with E-state index in [0.29, 0.717) is 17.5 Å². The number of rotatable bonds is 5. The third-order valence-electron chi connectivity index (χ3n) is 2.20. The average Bonchev–Trinajstić information content (AvgIpc) is 2.41. The fraction of sp³-hybridized carbons (Fsp3) is 0.167. The monoisotopic (exact) mass is 285 g/mol. The highest BCUT2D eigenvalue weighted by Crippen LogP contribution is 2.19. The van der Waals surface area contributed by atoms with Crippen LogP contribution in [0.25, 0.3) is 0 Å². The molecule has 1 aromatic carbocycles. The Kier molecular flexibility index (Phi) is 4.46. The Hall–Kier alpha value is -1.95. The summed E-state index contributed by atoms with van der Waals surface area (Å²) < 4.78 is 28.2. The molecule has 0 fully saturated rings. The van der Waals surface area contributed by atoms with Crippen molar-refractivity contribution in [2.75, 3.05) is 5.32 Å². The number of anilines is 2. The molecule has 2 rings (SSSR count). The van der Waals surface area contributed by atoms with Gasteiger partial charge in [-0.25, -0.2) is 9.97 Å². The van der Waals surface area contributed by atoms with Gasteiger partial charge in [-0.2, -0.15) is 8.78 Å². The second-order valence-electron chi connectivity index (χ2n) is 3.58. The van der Waals surface area contributed by atoms with Crippen molar-refractivity contribution in [3.63, 3.8) is 0 Å². The first-order chi connectivity index (χ1) is 9.17. The third-order valence-corrected chi connectivity index (χ3v) is 2.50. The van der Waals surface area contributed by atoms with Crippen molar-refractivity contribution >= 4 is 23.2 Å². The Morgan fingerprint density at radius 2 is 1.79 bits per heavy atom. The summed E-state index contributed by atoms with van der Waals surface area (Å²) in [5.41, 5.74) is 1.48. The maximum Gasteiger partial charge on any atom is 0.387 e. The van der Waals surface area contributed by atoms with Gasteiger partial charge in [-0.05, 0) is 24.3 Å². The zero-order valence-electron chi connectivity index (χ0n) is 9.69. The molecule has 0 amide bonds. The minimum absolute atomic E-state index is 0.0963. The molecule has 1 N–H and O–H groups in total. The Morgan fingerprint density at radius 1 is 1.16 bits per heavy atom. The number of alkyl halides is 3. The quantitative estimate of drug-likeness (QED) is 0.853. The van der Waals surface area contributed by atoms with Crippen molar-refractivity contribution < 1.29 is 13.5 Å². The van der Waals surface area contributed by atoms with Crippen LogP contribution in [0.5, 0.6) is 5.75 Å². The molecule has 100 valence electrons. The Balaban J connectivity index is 2.02. The van der Waals surface area contributed by atoms with Crippen LogP contribution in [0, 0.1) is 0 Å². The van der Waals surface area contributed by atoms with Crippen LogP contribution in [0.1, 0.15) is 5.56 Å². The molecule has 0 saturated heterocycles. The van der Waals surface area contributed by atoms with Gasteiger partial charge in [-0.15, -0.1) is 11.6 Å². The summed E-state index contributed by atoms with van der Waals surface area (Å²) >= 11 is 5.62. The maximum atomic E-state index is 12.0. The van der Waals surface area contributed by atoms with Crippen LogP contribution >= 0.6 is 11.6 Å². The van der Waals surface area contributed by atoms with Crippen molar-refractivity contribution in [2.45, 2.75) is 12.5 Å². The van der Waals surface area contributed by atoms with Gasteiger partial charge in [0.2, 0.25) is 5.95 Å². The van der Waals surface area contributed by atoms with Gasteiger partial charge in [0.15, 0.2) is 0 Å². The number of aromatic nitrogens is 2. The van der Waals surface area contributed by atoms with Gasteiger partial charge in [-0.3, -0.25) is 0 Å². The summed E-state index contributed by atoms with van der Waals surface area (Å²) in [4.78, 5) is 8.12. The van der Waals surface area contributed by atoms with Gasteiger partial charge >= 0.3 is 6.61 Å². The number of halogens is 3. The lowest BCUT2D eigenvalue weighted by atomic mass is 10.3. The standard InChI is InChI=1S/C12H10ClF2N3O/c13-5-8-6-16-12(17-7-8)18-9-1-3-10(4-2-9)19-11(14)15/h1-4,6-7,11H,5H2,(H,16,17,18). The largest absolute Gasteiger partial charge is 0.435 e. The smallest absolute Gasteiger partial charge is 0.387 e. The van der Waals surface area contributed by atoms with E-state index >= 15 is 0 Å². The predicted octanol–water partition coefficient (Wildman–Crippen LogP) is 3.56. The van der Waals surface area contributed by atoms with E-state index < -0.39 is 6.61 Å². The van der Waals surface area contributed by atoms with Gasteiger partial charge in [0.1, 0.15) is 5.75 Å². The predicted molar refractivity (Wildman–Crippen MR) is 67.9 cm³/mol. The second kappa shape index (κ2) is 6.29. The molecule has 1 heterocycles. The molecule has 1 aromatic heterocycles. The van der Waals surface area contributed by atoms with Crippen LogP contribution < -0.4 is 10.1 Å². The van der Waals surface area contributed by atoms with Crippen LogP contribution in [-0.4, -0.2) is 16.6 Å². The van der Waals surface area contributed by atoms with Crippen LogP contribution in [0.2, 0.25) is 0 Å². The zero-order chi connectivity index (χ0) is 13.7. The lowest BCUT2D eigenvalue weighted by Gasteiger charge is -2.07. The summed E-state index contributed by atoms with van der Waals surface area (Å²) in [7, 11) is 0. The Bertz CT molecular complexity index is 520. The van der Waals surface area contributed by atoms with Crippen molar-refractivity contribution in [2.24, 2.45) is 0 Å². The molecule has 0 saturated carbocycles.